The predicted molar refractivity (Wildman–Crippen MR) is 76.5 cm³/mol. The number of benzene rings is 2. The van der Waals surface area contributed by atoms with Crippen molar-refractivity contribution in [1.82, 2.24) is 0 Å². The zero-order chi connectivity index (χ0) is 13.6. The van der Waals surface area contributed by atoms with Crippen molar-refractivity contribution in [2.24, 2.45) is 0 Å². The number of halogens is 1. The van der Waals surface area contributed by atoms with E-state index in [-0.39, 0.29) is 16.2 Å². The van der Waals surface area contributed by atoms with E-state index < -0.39 is 0 Å². The van der Waals surface area contributed by atoms with E-state index in [1.54, 1.807) is 30.3 Å². The molecule has 0 heterocycles. The van der Waals surface area contributed by atoms with E-state index in [0.717, 1.165) is 15.2 Å². The summed E-state index contributed by atoms with van der Waals surface area (Å²) < 4.78 is 0.887. The van der Waals surface area contributed by atoms with Crippen LogP contribution >= 0.6 is 15.9 Å². The Balaban J connectivity index is 2.83. The van der Waals surface area contributed by atoms with Crippen LogP contribution in [0.2, 0.25) is 0 Å². The second-order valence-corrected chi connectivity index (χ2v) is 4.98. The highest BCUT2D eigenvalue weighted by molar-refractivity contribution is 9.10. The minimum atomic E-state index is -0.253. The monoisotopic (exact) mass is 308 g/mol. The first-order valence-electron chi connectivity index (χ1n) is 5.50. The molecule has 0 spiro atoms. The first kappa shape index (κ1) is 11.6. The molecule has 0 amide bonds. The Kier molecular flexibility index (Phi) is 2.48. The maximum atomic E-state index is 12.4. The molecular weight excluding hydrogens is 304 g/mol. The molecule has 3 aromatic rings. The summed E-state index contributed by atoms with van der Waals surface area (Å²) in [6, 6.07) is 12.6. The van der Waals surface area contributed by atoms with Gasteiger partial charge in [0, 0.05) is 15.2 Å². The first-order chi connectivity index (χ1) is 9.19. The molecule has 0 unspecified atom stereocenters. The van der Waals surface area contributed by atoms with Crippen molar-refractivity contribution in [2.75, 3.05) is 0 Å². The van der Waals surface area contributed by atoms with E-state index in [4.69, 9.17) is 10.5 Å². The van der Waals surface area contributed by atoms with Gasteiger partial charge in [0.05, 0.1) is 5.22 Å². The second kappa shape index (κ2) is 4.05. The molecule has 0 saturated carbocycles. The van der Waals surface area contributed by atoms with Gasteiger partial charge in [-0.1, -0.05) is 40.2 Å². The van der Waals surface area contributed by atoms with Crippen molar-refractivity contribution in [3.63, 3.8) is 0 Å². The van der Waals surface area contributed by atoms with Gasteiger partial charge in [-0.15, -0.1) is 0 Å². The summed E-state index contributed by atoms with van der Waals surface area (Å²) >= 11 is 3.45. The summed E-state index contributed by atoms with van der Waals surface area (Å²) in [5, 5.41) is 21.1. The number of rotatable bonds is 0. The zero-order valence-electron chi connectivity index (χ0n) is 9.57. The molecule has 88 valence electrons. The number of nitriles is 2. The Morgan fingerprint density at radius 3 is 2.37 bits per heavy atom. The third-order valence-corrected chi connectivity index (χ3v) is 3.89. The molecule has 0 atom stereocenters. The smallest absolute Gasteiger partial charge is 0.196 e. The van der Waals surface area contributed by atoms with Crippen molar-refractivity contribution in [1.29, 1.82) is 10.5 Å². The van der Waals surface area contributed by atoms with E-state index in [1.807, 2.05) is 12.1 Å². The molecule has 3 nitrogen and oxygen atoms in total. The zero-order valence-corrected chi connectivity index (χ0v) is 11.2. The maximum absolute atomic E-state index is 12.4. The molecule has 0 radical (unpaired) electrons. The predicted octanol–water partition coefficient (Wildman–Crippen LogP) is 2.47. The quantitative estimate of drug-likeness (QED) is 0.641. The standard InChI is InChI=1S/C15H5BrN2O/c16-12-5-4-10-13(8(6-17)7-18)15(19)11-3-1-2-9(12)14(10)11/h1-5H. The summed E-state index contributed by atoms with van der Waals surface area (Å²) in [5.41, 5.74) is -0.387. The lowest BCUT2D eigenvalue weighted by Gasteiger charge is -2.00. The fourth-order valence-electron chi connectivity index (χ4n) is 2.41. The van der Waals surface area contributed by atoms with Gasteiger partial charge < -0.3 is 0 Å². The first-order valence-corrected chi connectivity index (χ1v) is 6.29. The van der Waals surface area contributed by atoms with E-state index in [2.05, 4.69) is 15.9 Å². The lowest BCUT2D eigenvalue weighted by Crippen LogP contribution is -2.21. The average molecular weight is 309 g/mol. The van der Waals surface area contributed by atoms with Crippen molar-refractivity contribution in [3.05, 3.63) is 50.2 Å². The van der Waals surface area contributed by atoms with Gasteiger partial charge >= 0.3 is 0 Å². The molecule has 0 aliphatic rings. The van der Waals surface area contributed by atoms with Crippen molar-refractivity contribution < 1.29 is 0 Å². The van der Waals surface area contributed by atoms with Crippen LogP contribution < -0.4 is 10.6 Å². The van der Waals surface area contributed by atoms with E-state index >= 15 is 0 Å². The van der Waals surface area contributed by atoms with Crippen molar-refractivity contribution in [2.45, 2.75) is 0 Å². The van der Waals surface area contributed by atoms with Crippen LogP contribution in [0.3, 0.4) is 0 Å². The van der Waals surface area contributed by atoms with Crippen molar-refractivity contribution in [3.8, 4) is 12.1 Å². The van der Waals surface area contributed by atoms with Crippen molar-refractivity contribution >= 4 is 43.0 Å². The molecule has 0 aromatic heterocycles. The van der Waals surface area contributed by atoms with Gasteiger partial charge in [0.1, 0.15) is 17.7 Å². The van der Waals surface area contributed by atoms with Gasteiger partial charge in [-0.3, -0.25) is 4.79 Å². The van der Waals surface area contributed by atoms with Gasteiger partial charge in [0.25, 0.3) is 0 Å². The molecule has 0 aliphatic carbocycles. The topological polar surface area (TPSA) is 64.7 Å². The molecule has 4 heteroatoms. The van der Waals surface area contributed by atoms with Gasteiger partial charge in [-0.05, 0) is 16.8 Å². The molecule has 3 aromatic carbocycles. The van der Waals surface area contributed by atoms with E-state index in [9.17, 15) is 4.79 Å². The largest absolute Gasteiger partial charge is 0.288 e. The van der Waals surface area contributed by atoms with Gasteiger partial charge in [0.2, 0.25) is 0 Å². The number of hydrogen-bond acceptors (Lipinski definition) is 3. The normalized spacial score (nSPS) is 10.5. The third-order valence-electron chi connectivity index (χ3n) is 3.20. The van der Waals surface area contributed by atoms with Crippen LogP contribution in [0.4, 0.5) is 0 Å². The lowest BCUT2D eigenvalue weighted by atomic mass is 10.1. The highest BCUT2D eigenvalue weighted by atomic mass is 79.9. The van der Waals surface area contributed by atoms with Crippen LogP contribution in [0.15, 0.2) is 39.6 Å². The van der Waals surface area contributed by atoms with E-state index in [1.165, 1.54) is 0 Å². The molecule has 0 aliphatic heterocycles. The van der Waals surface area contributed by atoms with Gasteiger partial charge in [-0.25, -0.2) is 0 Å². The molecule has 0 saturated heterocycles. The minimum Gasteiger partial charge on any atom is -0.288 e. The molecule has 0 N–H and O–H groups in total. The number of nitrogens with zero attached hydrogens (tertiary/aromatic N) is 2. The third kappa shape index (κ3) is 1.44. The SMILES string of the molecule is N#CC(C#N)=c1c(=O)c2cccc3c(Br)ccc1c32. The highest BCUT2D eigenvalue weighted by Gasteiger charge is 2.15. The summed E-state index contributed by atoms with van der Waals surface area (Å²) in [7, 11) is 0. The maximum Gasteiger partial charge on any atom is 0.196 e. The minimum absolute atomic E-state index is 0.134. The Bertz CT molecular complexity index is 993. The van der Waals surface area contributed by atoms with Crippen LogP contribution in [0, 0.1) is 22.7 Å². The molecule has 19 heavy (non-hydrogen) atoms. The Morgan fingerprint density at radius 1 is 1.00 bits per heavy atom. The Morgan fingerprint density at radius 2 is 1.68 bits per heavy atom. The lowest BCUT2D eigenvalue weighted by molar-refractivity contribution is 1.50. The second-order valence-electron chi connectivity index (χ2n) is 4.13. The number of hydrogen-bond donors (Lipinski definition) is 0. The summed E-state index contributed by atoms with van der Waals surface area (Å²) in [6.07, 6.45) is 0. The summed E-state index contributed by atoms with van der Waals surface area (Å²) in [5.74, 6) is 0. The van der Waals surface area contributed by atoms with Crippen LogP contribution in [0.1, 0.15) is 0 Å². The summed E-state index contributed by atoms with van der Waals surface area (Å²) in [4.78, 5) is 12.4. The Labute approximate surface area is 116 Å². The van der Waals surface area contributed by atoms with Gasteiger partial charge in [-0.2, -0.15) is 10.5 Å². The molecule has 0 fully saturated rings. The van der Waals surface area contributed by atoms with E-state index in [0.29, 0.717) is 10.8 Å². The molecular formula is C15H5BrN2O. The fraction of sp³-hybridized carbons (Fsp3) is 0. The van der Waals surface area contributed by atoms with Crippen LogP contribution in [0.25, 0.3) is 27.1 Å². The molecule has 3 rings (SSSR count). The average Bonchev–Trinajstić information content (AvgIpc) is 2.72. The fourth-order valence-corrected chi connectivity index (χ4v) is 2.87. The van der Waals surface area contributed by atoms with Crippen LogP contribution in [-0.2, 0) is 0 Å². The van der Waals surface area contributed by atoms with Gasteiger partial charge in [0.15, 0.2) is 5.43 Å². The summed E-state index contributed by atoms with van der Waals surface area (Å²) in [6.45, 7) is 0. The van der Waals surface area contributed by atoms with Crippen LogP contribution in [-0.4, -0.2) is 0 Å². The highest BCUT2D eigenvalue weighted by Crippen LogP contribution is 2.29. The molecule has 0 bridgehead atoms. The van der Waals surface area contributed by atoms with Crippen LogP contribution in [0.5, 0.6) is 0 Å². The Hall–Kier alpha value is -2.43.